The summed E-state index contributed by atoms with van der Waals surface area (Å²) < 4.78 is 23.3. The van der Waals surface area contributed by atoms with Gasteiger partial charge in [-0.1, -0.05) is 12.1 Å². The van der Waals surface area contributed by atoms with Gasteiger partial charge >= 0.3 is 0 Å². The summed E-state index contributed by atoms with van der Waals surface area (Å²) in [5.74, 6) is -0.178. The summed E-state index contributed by atoms with van der Waals surface area (Å²) >= 11 is 0. The molecule has 0 fully saturated rings. The molecule has 27 heavy (non-hydrogen) atoms. The van der Waals surface area contributed by atoms with Crippen molar-refractivity contribution in [3.8, 4) is 5.75 Å². The number of hydrogen-bond donors (Lipinski definition) is 2. The number of benzene rings is 2. The Kier molecular flexibility index (Phi) is 5.84. The van der Waals surface area contributed by atoms with Gasteiger partial charge in [-0.2, -0.15) is 0 Å². The van der Waals surface area contributed by atoms with Crippen molar-refractivity contribution in [2.24, 2.45) is 0 Å². The van der Waals surface area contributed by atoms with Crippen LogP contribution in [0.4, 0.5) is 10.1 Å². The Balaban J connectivity index is 1.58. The van der Waals surface area contributed by atoms with Crippen molar-refractivity contribution in [3.05, 3.63) is 84.1 Å². The molecule has 0 aliphatic rings. The summed E-state index contributed by atoms with van der Waals surface area (Å²) in [6.45, 7) is -0.0320. The van der Waals surface area contributed by atoms with Gasteiger partial charge < -0.3 is 19.8 Å². The second-order valence-electron chi connectivity index (χ2n) is 5.60. The molecular formula is C20H17FN2O4. The molecule has 7 heteroatoms. The third kappa shape index (κ3) is 5.18. The van der Waals surface area contributed by atoms with Gasteiger partial charge in [-0.15, -0.1) is 0 Å². The van der Waals surface area contributed by atoms with Crippen molar-refractivity contribution in [1.29, 1.82) is 0 Å². The number of anilines is 1. The van der Waals surface area contributed by atoms with Gasteiger partial charge in [-0.25, -0.2) is 4.39 Å². The molecule has 6 nitrogen and oxygen atoms in total. The fraction of sp³-hybridized carbons (Fsp3) is 0.100. The highest BCUT2D eigenvalue weighted by Gasteiger charge is 2.13. The van der Waals surface area contributed by atoms with Crippen LogP contribution in [-0.2, 0) is 11.3 Å². The van der Waals surface area contributed by atoms with Gasteiger partial charge in [0.1, 0.15) is 17.3 Å². The van der Waals surface area contributed by atoms with E-state index in [-0.39, 0.29) is 24.9 Å². The molecule has 138 valence electrons. The number of carbonyl (C=O) groups excluding carboxylic acids is 2. The number of para-hydroxylation sites is 1. The van der Waals surface area contributed by atoms with Gasteiger partial charge in [-0.05, 0) is 48.5 Å². The number of nitrogens with one attached hydrogen (secondary N) is 2. The zero-order chi connectivity index (χ0) is 19.1. The lowest BCUT2D eigenvalue weighted by Gasteiger charge is -2.11. The van der Waals surface area contributed by atoms with Gasteiger partial charge in [0.05, 0.1) is 24.1 Å². The van der Waals surface area contributed by atoms with E-state index in [0.29, 0.717) is 22.8 Å². The minimum atomic E-state index is -0.439. The Morgan fingerprint density at radius 1 is 1.00 bits per heavy atom. The van der Waals surface area contributed by atoms with Crippen LogP contribution in [0.5, 0.6) is 5.75 Å². The normalized spacial score (nSPS) is 10.3. The highest BCUT2D eigenvalue weighted by Crippen LogP contribution is 2.16. The predicted molar refractivity (Wildman–Crippen MR) is 96.8 cm³/mol. The zero-order valence-electron chi connectivity index (χ0n) is 14.3. The SMILES string of the molecule is O=C(COc1ccc(F)cc1)Nc1ccccc1C(=O)NCc1ccco1. The standard InChI is InChI=1S/C20H17FN2O4/c21-14-7-9-15(10-8-14)27-13-19(24)23-18-6-2-1-5-17(18)20(25)22-12-16-4-3-11-26-16/h1-11H,12-13H2,(H,22,25)(H,23,24). The van der Waals surface area contributed by atoms with Crippen LogP contribution in [-0.4, -0.2) is 18.4 Å². The first kappa shape index (κ1) is 18.2. The molecule has 1 aromatic heterocycles. The Bertz CT molecular complexity index is 908. The third-order valence-corrected chi connectivity index (χ3v) is 3.63. The van der Waals surface area contributed by atoms with E-state index in [4.69, 9.17) is 9.15 Å². The molecule has 0 radical (unpaired) electrons. The van der Waals surface area contributed by atoms with E-state index in [1.54, 1.807) is 36.4 Å². The summed E-state index contributed by atoms with van der Waals surface area (Å²) in [5, 5.41) is 5.37. The van der Waals surface area contributed by atoms with E-state index in [1.165, 1.54) is 30.5 Å². The largest absolute Gasteiger partial charge is 0.484 e. The van der Waals surface area contributed by atoms with Crippen molar-refractivity contribution in [3.63, 3.8) is 0 Å². The first-order valence-corrected chi connectivity index (χ1v) is 8.19. The van der Waals surface area contributed by atoms with Crippen LogP contribution in [0.25, 0.3) is 0 Å². The summed E-state index contributed by atoms with van der Waals surface area (Å²) in [6.07, 6.45) is 1.52. The number of hydrogen-bond acceptors (Lipinski definition) is 4. The summed E-state index contributed by atoms with van der Waals surface area (Å²) in [7, 11) is 0. The first-order chi connectivity index (χ1) is 13.1. The van der Waals surface area contributed by atoms with Gasteiger partial charge in [0, 0.05) is 0 Å². The number of furan rings is 1. The summed E-state index contributed by atoms with van der Waals surface area (Å²) in [4.78, 5) is 24.5. The average molecular weight is 368 g/mol. The molecule has 2 aromatic carbocycles. The van der Waals surface area contributed by atoms with Gasteiger partial charge in [0.2, 0.25) is 0 Å². The van der Waals surface area contributed by atoms with Crippen LogP contribution in [0, 0.1) is 5.82 Å². The number of ether oxygens (including phenoxy) is 1. The molecule has 3 aromatic rings. The van der Waals surface area contributed by atoms with Crippen LogP contribution in [0.2, 0.25) is 0 Å². The Labute approximate surface area is 155 Å². The fourth-order valence-electron chi connectivity index (χ4n) is 2.33. The monoisotopic (exact) mass is 368 g/mol. The van der Waals surface area contributed by atoms with Crippen LogP contribution < -0.4 is 15.4 Å². The molecular weight excluding hydrogens is 351 g/mol. The zero-order valence-corrected chi connectivity index (χ0v) is 14.3. The van der Waals surface area contributed by atoms with E-state index in [1.807, 2.05) is 0 Å². The van der Waals surface area contributed by atoms with E-state index in [2.05, 4.69) is 10.6 Å². The minimum absolute atomic E-state index is 0.238. The third-order valence-electron chi connectivity index (χ3n) is 3.63. The van der Waals surface area contributed by atoms with E-state index >= 15 is 0 Å². The Morgan fingerprint density at radius 3 is 2.52 bits per heavy atom. The minimum Gasteiger partial charge on any atom is -0.484 e. The lowest BCUT2D eigenvalue weighted by molar-refractivity contribution is -0.118. The number of halogens is 1. The summed E-state index contributed by atoms with van der Waals surface area (Å²) in [5.41, 5.74) is 0.682. The molecule has 0 bridgehead atoms. The molecule has 0 unspecified atom stereocenters. The maximum absolute atomic E-state index is 12.9. The molecule has 3 rings (SSSR count). The van der Waals surface area contributed by atoms with Crippen molar-refractivity contribution in [2.45, 2.75) is 6.54 Å². The van der Waals surface area contributed by atoms with Crippen molar-refractivity contribution in [1.82, 2.24) is 5.32 Å². The maximum atomic E-state index is 12.9. The van der Waals surface area contributed by atoms with E-state index in [9.17, 15) is 14.0 Å². The average Bonchev–Trinajstić information content (AvgIpc) is 3.20. The van der Waals surface area contributed by atoms with Gasteiger partial charge in [0.25, 0.3) is 11.8 Å². The lowest BCUT2D eigenvalue weighted by atomic mass is 10.1. The summed E-state index contributed by atoms with van der Waals surface area (Å²) in [6, 6.07) is 15.5. The number of carbonyl (C=O) groups is 2. The number of rotatable bonds is 7. The smallest absolute Gasteiger partial charge is 0.262 e. The molecule has 0 aliphatic carbocycles. The molecule has 0 saturated heterocycles. The van der Waals surface area contributed by atoms with Crippen molar-refractivity contribution < 1.29 is 23.1 Å². The Morgan fingerprint density at radius 2 is 1.78 bits per heavy atom. The molecule has 0 atom stereocenters. The van der Waals surface area contributed by atoms with E-state index in [0.717, 1.165) is 0 Å². The van der Waals surface area contributed by atoms with Crippen molar-refractivity contribution >= 4 is 17.5 Å². The topological polar surface area (TPSA) is 80.6 Å². The van der Waals surface area contributed by atoms with Crippen LogP contribution in [0.15, 0.2) is 71.3 Å². The quantitative estimate of drug-likeness (QED) is 0.670. The first-order valence-electron chi connectivity index (χ1n) is 8.19. The van der Waals surface area contributed by atoms with Gasteiger partial charge in [-0.3, -0.25) is 9.59 Å². The molecule has 0 spiro atoms. The molecule has 2 N–H and O–H groups in total. The Hall–Kier alpha value is -3.61. The highest BCUT2D eigenvalue weighted by atomic mass is 19.1. The van der Waals surface area contributed by atoms with Crippen LogP contribution in [0.3, 0.4) is 0 Å². The van der Waals surface area contributed by atoms with Crippen LogP contribution >= 0.6 is 0 Å². The van der Waals surface area contributed by atoms with E-state index < -0.39 is 5.91 Å². The maximum Gasteiger partial charge on any atom is 0.262 e. The number of amides is 2. The highest BCUT2D eigenvalue weighted by molar-refractivity contribution is 6.03. The molecule has 0 saturated carbocycles. The molecule has 1 heterocycles. The second-order valence-corrected chi connectivity index (χ2v) is 5.60. The lowest BCUT2D eigenvalue weighted by Crippen LogP contribution is -2.26. The van der Waals surface area contributed by atoms with Crippen LogP contribution in [0.1, 0.15) is 16.1 Å². The predicted octanol–water partition coefficient (Wildman–Crippen LogP) is 3.37. The van der Waals surface area contributed by atoms with Gasteiger partial charge in [0.15, 0.2) is 6.61 Å². The molecule has 2 amide bonds. The van der Waals surface area contributed by atoms with Crippen molar-refractivity contribution in [2.75, 3.05) is 11.9 Å². The second kappa shape index (κ2) is 8.66. The molecule has 0 aliphatic heterocycles. The fourth-order valence-corrected chi connectivity index (χ4v) is 2.33.